The van der Waals surface area contributed by atoms with E-state index in [-0.39, 0.29) is 5.84 Å². The number of carbonyl (C=O) groups excluding carboxylic acids is 3. The highest BCUT2D eigenvalue weighted by molar-refractivity contribution is 6.52. The lowest BCUT2D eigenvalue weighted by Crippen LogP contribution is -2.67. The quantitative estimate of drug-likeness (QED) is 0.453. The van der Waals surface area contributed by atoms with Gasteiger partial charge in [0, 0.05) is 14.1 Å². The SMILES string of the molecule is CN1C(=O)N(C)C2=NC(=O)NC2(Cl)C1=O. The highest BCUT2D eigenvalue weighted by Crippen LogP contribution is 2.28. The van der Waals surface area contributed by atoms with Crippen LogP contribution >= 0.6 is 11.6 Å². The van der Waals surface area contributed by atoms with E-state index in [4.69, 9.17) is 11.6 Å². The van der Waals surface area contributed by atoms with Gasteiger partial charge >= 0.3 is 12.1 Å². The van der Waals surface area contributed by atoms with Gasteiger partial charge in [-0.05, 0) is 0 Å². The molecule has 8 heteroatoms. The van der Waals surface area contributed by atoms with Crippen molar-refractivity contribution in [1.29, 1.82) is 0 Å². The van der Waals surface area contributed by atoms with Gasteiger partial charge in [-0.1, -0.05) is 11.6 Å². The molecule has 80 valence electrons. The zero-order valence-corrected chi connectivity index (χ0v) is 8.70. The molecule has 0 bridgehead atoms. The Labute approximate surface area is 89.7 Å². The first-order valence-electron chi connectivity index (χ1n) is 4.04. The molecule has 2 aliphatic heterocycles. The van der Waals surface area contributed by atoms with Crippen molar-refractivity contribution in [3.8, 4) is 0 Å². The predicted octanol–water partition coefficient (Wildman–Crippen LogP) is -0.433. The van der Waals surface area contributed by atoms with Crippen LogP contribution in [0.2, 0.25) is 0 Å². The van der Waals surface area contributed by atoms with Crippen LogP contribution < -0.4 is 5.32 Å². The lowest BCUT2D eigenvalue weighted by molar-refractivity contribution is -0.129. The molecule has 1 fully saturated rings. The summed E-state index contributed by atoms with van der Waals surface area (Å²) in [5, 5.41) is 2.20. The van der Waals surface area contributed by atoms with Crippen molar-refractivity contribution >= 4 is 35.4 Å². The molecule has 1 atom stereocenters. The number of nitrogens with zero attached hydrogens (tertiary/aromatic N) is 3. The van der Waals surface area contributed by atoms with Crippen molar-refractivity contribution in [2.45, 2.75) is 5.00 Å². The van der Waals surface area contributed by atoms with Crippen LogP contribution in [0.15, 0.2) is 4.99 Å². The number of likely N-dealkylation sites (N-methyl/N-ethyl adjacent to an activating group) is 2. The molecule has 0 aromatic carbocycles. The molecule has 5 amide bonds. The second-order valence-electron chi connectivity index (χ2n) is 3.23. The summed E-state index contributed by atoms with van der Waals surface area (Å²) in [5.74, 6) is -0.792. The van der Waals surface area contributed by atoms with E-state index in [2.05, 4.69) is 10.3 Å². The molecule has 0 saturated carbocycles. The van der Waals surface area contributed by atoms with E-state index in [9.17, 15) is 14.4 Å². The third-order valence-corrected chi connectivity index (χ3v) is 2.71. The monoisotopic (exact) mass is 230 g/mol. The van der Waals surface area contributed by atoms with Gasteiger partial charge in [-0.2, -0.15) is 4.99 Å². The van der Waals surface area contributed by atoms with E-state index < -0.39 is 23.0 Å². The zero-order chi connectivity index (χ0) is 11.4. The summed E-state index contributed by atoms with van der Waals surface area (Å²) in [6.07, 6.45) is 0. The Morgan fingerprint density at radius 2 is 1.87 bits per heavy atom. The summed E-state index contributed by atoms with van der Waals surface area (Å²) in [6, 6.07) is -1.31. The van der Waals surface area contributed by atoms with Crippen molar-refractivity contribution in [3.63, 3.8) is 0 Å². The molecular weight excluding hydrogens is 224 g/mol. The fourth-order valence-corrected chi connectivity index (χ4v) is 1.87. The number of amides is 5. The number of alkyl halides is 1. The van der Waals surface area contributed by atoms with Gasteiger partial charge in [-0.25, -0.2) is 9.59 Å². The second kappa shape index (κ2) is 2.69. The Morgan fingerprint density at radius 1 is 1.27 bits per heavy atom. The van der Waals surface area contributed by atoms with Crippen molar-refractivity contribution in [3.05, 3.63) is 0 Å². The highest BCUT2D eigenvalue weighted by Gasteiger charge is 2.57. The van der Waals surface area contributed by atoms with Gasteiger partial charge < -0.3 is 5.32 Å². The molecule has 1 N–H and O–H groups in total. The van der Waals surface area contributed by atoms with Gasteiger partial charge in [0.15, 0.2) is 5.84 Å². The molecular formula is C7H7ClN4O3. The van der Waals surface area contributed by atoms with Crippen LogP contribution in [0.3, 0.4) is 0 Å². The Bertz CT molecular complexity index is 420. The van der Waals surface area contributed by atoms with Gasteiger partial charge in [0.05, 0.1) is 0 Å². The summed E-state index contributed by atoms with van der Waals surface area (Å²) in [6.45, 7) is 0. The summed E-state index contributed by atoms with van der Waals surface area (Å²) >= 11 is 5.93. The Morgan fingerprint density at radius 3 is 2.47 bits per heavy atom. The molecule has 2 heterocycles. The first-order valence-corrected chi connectivity index (χ1v) is 4.42. The van der Waals surface area contributed by atoms with Crippen LogP contribution in [-0.2, 0) is 4.79 Å². The highest BCUT2D eigenvalue weighted by atomic mass is 35.5. The first-order chi connectivity index (χ1) is 6.88. The molecule has 15 heavy (non-hydrogen) atoms. The molecule has 2 aliphatic rings. The summed E-state index contributed by atoms with van der Waals surface area (Å²) in [5.41, 5.74) is 0. The van der Waals surface area contributed by atoms with E-state index in [0.29, 0.717) is 0 Å². The van der Waals surface area contributed by atoms with E-state index in [1.807, 2.05) is 0 Å². The summed E-state index contributed by atoms with van der Waals surface area (Å²) in [4.78, 5) is 37.8. The minimum atomic E-state index is -1.74. The van der Waals surface area contributed by atoms with Crippen LogP contribution in [0.1, 0.15) is 0 Å². The number of carbonyl (C=O) groups is 3. The van der Waals surface area contributed by atoms with Gasteiger partial charge in [-0.3, -0.25) is 14.6 Å². The van der Waals surface area contributed by atoms with Crippen molar-refractivity contribution in [2.24, 2.45) is 4.99 Å². The molecule has 1 saturated heterocycles. The summed E-state index contributed by atoms with van der Waals surface area (Å²) < 4.78 is 0. The number of halogens is 1. The standard InChI is InChI=1S/C7H7ClN4O3/c1-11-3-7(8,10-5(14)9-3)4(13)12(2)6(11)15/h1-2H3,(H,10,14). The molecule has 1 unspecified atom stereocenters. The Balaban J connectivity index is 2.54. The molecule has 7 nitrogen and oxygen atoms in total. The number of hydrogen-bond acceptors (Lipinski definition) is 3. The first kappa shape index (κ1) is 9.91. The topological polar surface area (TPSA) is 82.1 Å². The van der Waals surface area contributed by atoms with Gasteiger partial charge in [-0.15, -0.1) is 0 Å². The lowest BCUT2D eigenvalue weighted by atomic mass is 10.2. The fraction of sp³-hybridized carbons (Fsp3) is 0.429. The van der Waals surface area contributed by atoms with E-state index in [0.717, 1.165) is 9.80 Å². The lowest BCUT2D eigenvalue weighted by Gasteiger charge is -2.37. The largest absolute Gasteiger partial charge is 0.344 e. The predicted molar refractivity (Wildman–Crippen MR) is 50.5 cm³/mol. The number of urea groups is 2. The van der Waals surface area contributed by atoms with Crippen LogP contribution in [0.4, 0.5) is 9.59 Å². The van der Waals surface area contributed by atoms with E-state index in [1.54, 1.807) is 0 Å². The fourth-order valence-electron chi connectivity index (χ4n) is 1.49. The summed E-state index contributed by atoms with van der Waals surface area (Å²) in [7, 11) is 2.67. The maximum atomic E-state index is 11.7. The molecule has 2 rings (SSSR count). The minimum Gasteiger partial charge on any atom is -0.303 e. The number of nitrogens with one attached hydrogen (secondary N) is 1. The van der Waals surface area contributed by atoms with Crippen molar-refractivity contribution < 1.29 is 14.4 Å². The molecule has 0 radical (unpaired) electrons. The van der Waals surface area contributed by atoms with Crippen LogP contribution in [-0.4, -0.2) is 52.7 Å². The number of hydrogen-bond donors (Lipinski definition) is 1. The Kier molecular flexibility index (Phi) is 1.78. The number of fused-ring (bicyclic) bond motifs is 1. The van der Waals surface area contributed by atoms with Crippen molar-refractivity contribution in [2.75, 3.05) is 14.1 Å². The maximum absolute atomic E-state index is 11.7. The smallest absolute Gasteiger partial charge is 0.303 e. The molecule has 0 spiro atoms. The second-order valence-corrected chi connectivity index (χ2v) is 3.80. The van der Waals surface area contributed by atoms with E-state index >= 15 is 0 Å². The maximum Gasteiger partial charge on any atom is 0.344 e. The molecule has 0 aliphatic carbocycles. The number of aliphatic imine (C=N–C) groups is 1. The van der Waals surface area contributed by atoms with Crippen LogP contribution in [0, 0.1) is 0 Å². The van der Waals surface area contributed by atoms with Gasteiger partial charge in [0.2, 0.25) is 0 Å². The third-order valence-electron chi connectivity index (χ3n) is 2.29. The molecule has 0 aromatic heterocycles. The normalized spacial score (nSPS) is 30.3. The van der Waals surface area contributed by atoms with Crippen LogP contribution in [0.5, 0.6) is 0 Å². The number of rotatable bonds is 0. The number of imide groups is 1. The number of amidine groups is 1. The zero-order valence-electron chi connectivity index (χ0n) is 7.94. The van der Waals surface area contributed by atoms with Crippen LogP contribution in [0.25, 0.3) is 0 Å². The van der Waals surface area contributed by atoms with E-state index in [1.165, 1.54) is 14.1 Å². The van der Waals surface area contributed by atoms with Crippen molar-refractivity contribution in [1.82, 2.24) is 15.1 Å². The minimum absolute atomic E-state index is 0.0812. The van der Waals surface area contributed by atoms with Gasteiger partial charge in [0.1, 0.15) is 0 Å². The third kappa shape index (κ3) is 1.06. The Hall–Kier alpha value is -1.63. The molecule has 0 aromatic rings. The average Bonchev–Trinajstić information content (AvgIpc) is 2.49. The average molecular weight is 231 g/mol. The van der Waals surface area contributed by atoms with Gasteiger partial charge in [0.25, 0.3) is 10.9 Å².